The highest BCUT2D eigenvalue weighted by Gasteiger charge is 2.14. The molecule has 1 heterocycles. The lowest BCUT2D eigenvalue weighted by atomic mass is 10.3. The molecule has 0 aliphatic rings. The van der Waals surface area contributed by atoms with E-state index in [-0.39, 0.29) is 5.78 Å². The first-order chi connectivity index (χ1) is 9.67. The van der Waals surface area contributed by atoms with E-state index in [0.717, 1.165) is 21.8 Å². The van der Waals surface area contributed by atoms with E-state index in [1.807, 2.05) is 26.0 Å². The summed E-state index contributed by atoms with van der Waals surface area (Å²) in [4.78, 5) is 15.1. The van der Waals surface area contributed by atoms with Crippen molar-refractivity contribution in [2.45, 2.75) is 13.8 Å². The van der Waals surface area contributed by atoms with Crippen LogP contribution in [0.25, 0.3) is 0 Å². The Hall–Kier alpha value is -0.270. The maximum atomic E-state index is 12.2. The molecule has 0 aliphatic heterocycles. The molecule has 0 N–H and O–H groups in total. The van der Waals surface area contributed by atoms with Crippen molar-refractivity contribution in [3.8, 4) is 0 Å². The predicted molar refractivity (Wildman–Crippen MR) is 85.8 cm³/mol. The van der Waals surface area contributed by atoms with E-state index in [1.165, 1.54) is 11.3 Å². The van der Waals surface area contributed by atoms with Gasteiger partial charge >= 0.3 is 0 Å². The van der Waals surface area contributed by atoms with Crippen LogP contribution >= 0.6 is 27.3 Å². The summed E-state index contributed by atoms with van der Waals surface area (Å²) < 4.78 is 11.7. The number of hydrogen-bond donors (Lipinski definition) is 0. The molecular formula is C14H22BrNO3S. The Morgan fingerprint density at radius 3 is 2.25 bits per heavy atom. The molecule has 20 heavy (non-hydrogen) atoms. The fourth-order valence-electron chi connectivity index (χ4n) is 1.69. The van der Waals surface area contributed by atoms with Crippen LogP contribution in [0.2, 0.25) is 0 Å². The molecule has 4 nitrogen and oxygen atoms in total. The molecule has 0 fully saturated rings. The van der Waals surface area contributed by atoms with Crippen molar-refractivity contribution in [3.05, 3.63) is 20.8 Å². The average molecular weight is 364 g/mol. The third-order valence-corrected chi connectivity index (χ3v) is 4.39. The monoisotopic (exact) mass is 363 g/mol. The number of thiophene rings is 1. The number of carbonyl (C=O) groups is 1. The molecule has 0 saturated heterocycles. The van der Waals surface area contributed by atoms with Crippen molar-refractivity contribution < 1.29 is 14.3 Å². The number of rotatable bonds is 11. The summed E-state index contributed by atoms with van der Waals surface area (Å²) in [7, 11) is 0. The highest BCUT2D eigenvalue weighted by Crippen LogP contribution is 2.22. The van der Waals surface area contributed by atoms with Crippen molar-refractivity contribution in [1.29, 1.82) is 0 Å². The van der Waals surface area contributed by atoms with E-state index in [1.54, 1.807) is 0 Å². The van der Waals surface area contributed by atoms with Crippen molar-refractivity contribution in [2.24, 2.45) is 0 Å². The lowest BCUT2D eigenvalue weighted by Crippen LogP contribution is -2.35. The molecule has 1 aromatic rings. The molecule has 0 amide bonds. The Morgan fingerprint density at radius 2 is 1.80 bits per heavy atom. The quantitative estimate of drug-likeness (QED) is 0.447. The van der Waals surface area contributed by atoms with E-state index >= 15 is 0 Å². The third kappa shape index (κ3) is 6.95. The fourth-order valence-corrected chi connectivity index (χ4v) is 3.01. The second kappa shape index (κ2) is 10.5. The van der Waals surface area contributed by atoms with Gasteiger partial charge in [-0.05, 0) is 41.9 Å². The molecule has 0 spiro atoms. The van der Waals surface area contributed by atoms with Gasteiger partial charge in [-0.15, -0.1) is 11.3 Å². The van der Waals surface area contributed by atoms with Crippen LogP contribution in [-0.2, 0) is 9.47 Å². The van der Waals surface area contributed by atoms with Crippen LogP contribution < -0.4 is 0 Å². The smallest absolute Gasteiger partial charge is 0.186 e. The number of Topliss-reactive ketones (excluding diaryl/α,β-unsaturated/α-hetero) is 1. The molecule has 114 valence electrons. The van der Waals surface area contributed by atoms with Gasteiger partial charge in [-0.1, -0.05) is 0 Å². The zero-order valence-electron chi connectivity index (χ0n) is 12.1. The minimum atomic E-state index is 0.147. The molecule has 0 aliphatic carbocycles. The number of carbonyl (C=O) groups excluding carboxylic acids is 1. The lowest BCUT2D eigenvalue weighted by molar-refractivity contribution is 0.0727. The van der Waals surface area contributed by atoms with Gasteiger partial charge in [0.05, 0.1) is 28.4 Å². The van der Waals surface area contributed by atoms with Gasteiger partial charge in [0.25, 0.3) is 0 Å². The van der Waals surface area contributed by atoms with Gasteiger partial charge in [-0.25, -0.2) is 0 Å². The second-order valence-electron chi connectivity index (χ2n) is 4.20. The van der Waals surface area contributed by atoms with Crippen LogP contribution in [0.4, 0.5) is 0 Å². The van der Waals surface area contributed by atoms with Gasteiger partial charge in [0.15, 0.2) is 5.78 Å². The number of ether oxygens (including phenoxy) is 2. The summed E-state index contributed by atoms with van der Waals surface area (Å²) in [6.07, 6.45) is 0. The molecule has 1 aromatic heterocycles. The fraction of sp³-hybridized carbons (Fsp3) is 0.643. The summed E-state index contributed by atoms with van der Waals surface area (Å²) in [5.41, 5.74) is 0. The first-order valence-electron chi connectivity index (χ1n) is 6.83. The Bertz CT molecular complexity index is 388. The van der Waals surface area contributed by atoms with Gasteiger partial charge in [0.2, 0.25) is 0 Å². The summed E-state index contributed by atoms with van der Waals surface area (Å²) in [5, 5.41) is 0. The summed E-state index contributed by atoms with van der Waals surface area (Å²) >= 11 is 4.85. The van der Waals surface area contributed by atoms with E-state index in [2.05, 4.69) is 20.8 Å². The SMILES string of the molecule is CCOCCN(CCOCC)CC(=O)c1ccc(Br)s1. The Labute approximate surface area is 133 Å². The summed E-state index contributed by atoms with van der Waals surface area (Å²) in [6, 6.07) is 3.77. The maximum Gasteiger partial charge on any atom is 0.186 e. The molecule has 0 saturated carbocycles. The number of hydrogen-bond acceptors (Lipinski definition) is 5. The topological polar surface area (TPSA) is 38.8 Å². The highest BCUT2D eigenvalue weighted by atomic mass is 79.9. The summed E-state index contributed by atoms with van der Waals surface area (Å²) in [5.74, 6) is 0.147. The van der Waals surface area contributed by atoms with E-state index in [9.17, 15) is 4.79 Å². The van der Waals surface area contributed by atoms with Crippen LogP contribution in [0, 0.1) is 0 Å². The minimum absolute atomic E-state index is 0.147. The largest absolute Gasteiger partial charge is 0.380 e. The van der Waals surface area contributed by atoms with Gasteiger partial charge in [0, 0.05) is 26.3 Å². The Morgan fingerprint density at radius 1 is 1.20 bits per heavy atom. The van der Waals surface area contributed by atoms with Crippen LogP contribution in [0.1, 0.15) is 23.5 Å². The standard InChI is InChI=1S/C14H22BrNO3S/c1-3-18-9-7-16(8-10-19-4-2)11-12(17)13-5-6-14(15)20-13/h5-6H,3-4,7-11H2,1-2H3. The number of halogens is 1. The lowest BCUT2D eigenvalue weighted by Gasteiger charge is -2.20. The highest BCUT2D eigenvalue weighted by molar-refractivity contribution is 9.11. The Kier molecular flexibility index (Phi) is 9.30. The molecule has 0 atom stereocenters. The number of nitrogens with zero attached hydrogens (tertiary/aromatic N) is 1. The van der Waals surface area contributed by atoms with E-state index in [0.29, 0.717) is 33.0 Å². The van der Waals surface area contributed by atoms with Crippen molar-refractivity contribution in [3.63, 3.8) is 0 Å². The zero-order chi connectivity index (χ0) is 14.8. The van der Waals surface area contributed by atoms with Crippen LogP contribution in [0.15, 0.2) is 15.9 Å². The Balaban J connectivity index is 2.46. The van der Waals surface area contributed by atoms with Crippen molar-refractivity contribution in [2.75, 3.05) is 46.1 Å². The van der Waals surface area contributed by atoms with E-state index < -0.39 is 0 Å². The predicted octanol–water partition coefficient (Wildman–Crippen LogP) is 3.07. The average Bonchev–Trinajstić information content (AvgIpc) is 2.86. The van der Waals surface area contributed by atoms with E-state index in [4.69, 9.17) is 9.47 Å². The van der Waals surface area contributed by atoms with Crippen LogP contribution in [0.3, 0.4) is 0 Å². The molecule has 0 bridgehead atoms. The third-order valence-electron chi connectivity index (χ3n) is 2.73. The molecular weight excluding hydrogens is 342 g/mol. The minimum Gasteiger partial charge on any atom is -0.380 e. The van der Waals surface area contributed by atoms with Gasteiger partial charge in [-0.2, -0.15) is 0 Å². The number of ketones is 1. The van der Waals surface area contributed by atoms with Crippen LogP contribution in [0.5, 0.6) is 0 Å². The molecule has 0 radical (unpaired) electrons. The molecule has 0 unspecified atom stereocenters. The van der Waals surface area contributed by atoms with Crippen molar-refractivity contribution >= 4 is 33.0 Å². The second-order valence-corrected chi connectivity index (χ2v) is 6.66. The van der Waals surface area contributed by atoms with Crippen molar-refractivity contribution in [1.82, 2.24) is 4.90 Å². The van der Waals surface area contributed by atoms with Gasteiger partial charge in [0.1, 0.15) is 0 Å². The summed E-state index contributed by atoms with van der Waals surface area (Å²) in [6.45, 7) is 8.54. The maximum absolute atomic E-state index is 12.2. The van der Waals surface area contributed by atoms with Crippen LogP contribution in [-0.4, -0.2) is 56.7 Å². The first kappa shape index (κ1) is 17.8. The first-order valence-corrected chi connectivity index (χ1v) is 8.44. The molecule has 1 rings (SSSR count). The molecule has 6 heteroatoms. The van der Waals surface area contributed by atoms with Gasteiger partial charge < -0.3 is 9.47 Å². The molecule has 0 aromatic carbocycles. The van der Waals surface area contributed by atoms with Gasteiger partial charge in [-0.3, -0.25) is 9.69 Å². The normalized spacial score (nSPS) is 11.2. The zero-order valence-corrected chi connectivity index (χ0v) is 14.5.